The number of ketones is 1. The highest BCUT2D eigenvalue weighted by Gasteiger charge is 2.70. The van der Waals surface area contributed by atoms with E-state index >= 15 is 4.79 Å². The van der Waals surface area contributed by atoms with Crippen LogP contribution in [0.25, 0.3) is 0 Å². The van der Waals surface area contributed by atoms with Crippen LogP contribution in [0.1, 0.15) is 99.0 Å². The van der Waals surface area contributed by atoms with Gasteiger partial charge in [-0.1, -0.05) is 39.3 Å². The van der Waals surface area contributed by atoms with E-state index in [1.165, 1.54) is 14.0 Å². The zero-order valence-electron chi connectivity index (χ0n) is 27.3. The summed E-state index contributed by atoms with van der Waals surface area (Å²) in [5.41, 5.74) is -0.879. The zero-order valence-corrected chi connectivity index (χ0v) is 27.3. The lowest BCUT2D eigenvalue weighted by Gasteiger charge is -2.64. The van der Waals surface area contributed by atoms with Gasteiger partial charge in [-0.2, -0.15) is 0 Å². The number of hydrogen-bond acceptors (Lipinski definition) is 9. The number of nitrogens with zero attached hydrogens (tertiary/aromatic N) is 3. The van der Waals surface area contributed by atoms with E-state index in [1.54, 1.807) is 17.8 Å². The minimum Gasteiger partial charge on any atom is -0.469 e. The number of aromatic nitrogens is 3. The summed E-state index contributed by atoms with van der Waals surface area (Å²) < 4.78 is 17.8. The summed E-state index contributed by atoms with van der Waals surface area (Å²) in [6.07, 6.45) is 7.27. The monoisotopic (exact) mass is 614 g/mol. The predicted octanol–water partition coefficient (Wildman–Crippen LogP) is 5.60. The van der Waals surface area contributed by atoms with Crippen LogP contribution in [0, 0.1) is 52.3 Å². The summed E-state index contributed by atoms with van der Waals surface area (Å²) >= 11 is 0. The molecule has 0 bridgehead atoms. The van der Waals surface area contributed by atoms with Gasteiger partial charge in [0, 0.05) is 30.6 Å². The van der Waals surface area contributed by atoms with E-state index in [0.717, 1.165) is 38.5 Å². The van der Waals surface area contributed by atoms with Gasteiger partial charge in [-0.15, -0.1) is 5.10 Å². The number of rotatable bonds is 8. The molecule has 0 aromatic carbocycles. The van der Waals surface area contributed by atoms with Crippen molar-refractivity contribution in [2.45, 2.75) is 105 Å². The fraction of sp³-hybridized carbons (Fsp3) is 0.818. The Hall–Kier alpha value is -2.98. The molecule has 11 heteroatoms. The van der Waals surface area contributed by atoms with Crippen molar-refractivity contribution in [1.29, 1.82) is 0 Å². The fourth-order valence-electron chi connectivity index (χ4n) is 10.2. The summed E-state index contributed by atoms with van der Waals surface area (Å²) in [4.78, 5) is 52.1. The van der Waals surface area contributed by atoms with E-state index in [1.807, 2.05) is 0 Å². The molecule has 4 fully saturated rings. The number of anilines is 1. The lowest BCUT2D eigenvalue weighted by atomic mass is 9.41. The van der Waals surface area contributed by atoms with Crippen LogP contribution >= 0.6 is 0 Å². The molecule has 1 amide bonds. The van der Waals surface area contributed by atoms with Crippen LogP contribution in [0.3, 0.4) is 0 Å². The number of ether oxygens (including phenoxy) is 3. The van der Waals surface area contributed by atoms with Crippen molar-refractivity contribution in [3.8, 4) is 0 Å². The largest absolute Gasteiger partial charge is 0.469 e. The minimum atomic E-state index is -0.717. The van der Waals surface area contributed by atoms with E-state index in [2.05, 4.69) is 43.3 Å². The van der Waals surface area contributed by atoms with Crippen molar-refractivity contribution in [2.75, 3.05) is 19.0 Å². The molecule has 0 aliphatic heterocycles. The van der Waals surface area contributed by atoms with Gasteiger partial charge in [0.05, 0.1) is 19.9 Å². The molecule has 244 valence electrons. The molecule has 1 N–H and O–H groups in total. The molecule has 4 aliphatic carbocycles. The first-order chi connectivity index (χ1) is 20.8. The van der Waals surface area contributed by atoms with Crippen molar-refractivity contribution in [3.63, 3.8) is 0 Å². The first-order valence-electron chi connectivity index (χ1n) is 16.5. The predicted molar refractivity (Wildman–Crippen MR) is 161 cm³/mol. The maximum Gasteiger partial charge on any atom is 0.412 e. The molecule has 5 rings (SSSR count). The molecule has 11 nitrogen and oxygen atoms in total. The van der Waals surface area contributed by atoms with Crippen molar-refractivity contribution in [2.24, 2.45) is 52.3 Å². The van der Waals surface area contributed by atoms with Gasteiger partial charge in [-0.05, 0) is 80.5 Å². The number of methoxy groups -OCH3 is 1. The van der Waals surface area contributed by atoms with Crippen LogP contribution in [0.4, 0.5) is 10.6 Å². The molecule has 4 aliphatic rings. The van der Waals surface area contributed by atoms with Crippen molar-refractivity contribution in [3.05, 3.63) is 6.20 Å². The maximum atomic E-state index is 15.2. The molecule has 44 heavy (non-hydrogen) atoms. The number of esters is 2. The summed E-state index contributed by atoms with van der Waals surface area (Å²) in [6, 6.07) is -0.640. The van der Waals surface area contributed by atoms with E-state index in [-0.39, 0.29) is 71.3 Å². The second kappa shape index (κ2) is 12.4. The third kappa shape index (κ3) is 5.53. The molecule has 1 aromatic heterocycles. The molecule has 11 atom stereocenters. The van der Waals surface area contributed by atoms with Gasteiger partial charge >= 0.3 is 18.0 Å². The smallest absolute Gasteiger partial charge is 0.412 e. The lowest BCUT2D eigenvalue weighted by molar-refractivity contribution is -0.203. The number of nitrogens with one attached hydrogen (secondary N) is 1. The number of Topliss-reactive ketones (excluding diaryl/α,β-unsaturated/α-hetero) is 1. The van der Waals surface area contributed by atoms with E-state index in [9.17, 15) is 14.4 Å². The highest BCUT2D eigenvalue weighted by atomic mass is 16.5. The number of carbonyl (C=O) groups is 4. The van der Waals surface area contributed by atoms with Crippen molar-refractivity contribution in [1.82, 2.24) is 15.0 Å². The van der Waals surface area contributed by atoms with Gasteiger partial charge in [0.2, 0.25) is 0 Å². The Morgan fingerprint density at radius 2 is 1.93 bits per heavy atom. The summed E-state index contributed by atoms with van der Waals surface area (Å²) in [7, 11) is 1.40. The third-order valence-electron chi connectivity index (χ3n) is 12.2. The highest BCUT2D eigenvalue weighted by molar-refractivity contribution is 5.91. The van der Waals surface area contributed by atoms with Crippen LogP contribution in [-0.4, -0.2) is 58.6 Å². The molecule has 1 aromatic rings. The Bertz CT molecular complexity index is 1270. The lowest BCUT2D eigenvalue weighted by Crippen LogP contribution is -2.65. The van der Waals surface area contributed by atoms with Crippen LogP contribution in [0.15, 0.2) is 6.20 Å². The van der Waals surface area contributed by atoms with Crippen molar-refractivity contribution >= 4 is 29.6 Å². The first kappa shape index (κ1) is 32.4. The summed E-state index contributed by atoms with van der Waals surface area (Å²) in [6.45, 7) is 12.3. The number of carbonyl (C=O) groups excluding carboxylic acids is 4. The van der Waals surface area contributed by atoms with Gasteiger partial charge in [-0.3, -0.25) is 19.7 Å². The Balaban J connectivity index is 1.61. The van der Waals surface area contributed by atoms with Crippen molar-refractivity contribution < 1.29 is 33.4 Å². The SMILES string of the molecule is CCOC(=O)Nc1cn([C@@H]2C(=O)[C@@]3(C)C(CCC3[C@H](C)CCC(=O)OC)C3C2[C@@]2(C)CC[C@@H](C)C[C@H]2C[C@H]3OC(C)=O)nn1. The number of amides is 1. The van der Waals surface area contributed by atoms with Crippen LogP contribution < -0.4 is 5.32 Å². The highest BCUT2D eigenvalue weighted by Crippen LogP contribution is 2.70. The van der Waals surface area contributed by atoms with Gasteiger partial charge in [0.15, 0.2) is 11.6 Å². The normalized spacial score (nSPS) is 38.5. The second-order valence-corrected chi connectivity index (χ2v) is 14.5. The molecular weight excluding hydrogens is 564 g/mol. The Morgan fingerprint density at radius 3 is 2.61 bits per heavy atom. The topological polar surface area (TPSA) is 139 Å². The van der Waals surface area contributed by atoms with Crippen LogP contribution in [-0.2, 0) is 28.6 Å². The average molecular weight is 615 g/mol. The zero-order chi connectivity index (χ0) is 32.0. The molecule has 1 heterocycles. The van der Waals surface area contributed by atoms with E-state index in [4.69, 9.17) is 14.2 Å². The maximum absolute atomic E-state index is 15.2. The number of hydrogen-bond donors (Lipinski definition) is 1. The van der Waals surface area contributed by atoms with Crippen LogP contribution in [0.2, 0.25) is 0 Å². The molecular formula is C33H50N4O7. The van der Waals surface area contributed by atoms with Gasteiger partial charge < -0.3 is 14.2 Å². The molecule has 0 spiro atoms. The average Bonchev–Trinajstić information content (AvgIpc) is 3.57. The van der Waals surface area contributed by atoms with Gasteiger partial charge in [0.25, 0.3) is 0 Å². The van der Waals surface area contributed by atoms with Crippen LogP contribution in [0.5, 0.6) is 0 Å². The molecule has 0 saturated heterocycles. The summed E-state index contributed by atoms with van der Waals surface area (Å²) in [5.74, 6) is 0.697. The van der Waals surface area contributed by atoms with Gasteiger partial charge in [-0.25, -0.2) is 9.48 Å². The van der Waals surface area contributed by atoms with Gasteiger partial charge in [0.1, 0.15) is 12.1 Å². The third-order valence-corrected chi connectivity index (χ3v) is 12.2. The first-order valence-corrected chi connectivity index (χ1v) is 16.5. The minimum absolute atomic E-state index is 0.0314. The Labute approximate surface area is 260 Å². The molecule has 4 saturated carbocycles. The van der Waals surface area contributed by atoms with E-state index in [0.29, 0.717) is 24.7 Å². The Morgan fingerprint density at radius 1 is 1.18 bits per heavy atom. The van der Waals surface area contributed by atoms with E-state index < -0.39 is 17.6 Å². The standard InChI is InChI=1S/C33H50N4O7/c1-8-43-31(41)34-25-17-37(36-35-25)29-28-27(24(44-20(4)38)16-21-15-18(2)13-14-32(21,28)5)23-11-10-22(33(23,6)30(29)40)19(3)9-12-26(39)42-7/h17-19,21-24,27-29H,8-16H2,1-7H3,(H,34,41)/t18-,19-,21+,22?,23?,24-,27?,28?,29+,32+,33-/m1/s1. The molecule has 0 radical (unpaired) electrons. The summed E-state index contributed by atoms with van der Waals surface area (Å²) in [5, 5.41) is 11.3. The molecule has 4 unspecified atom stereocenters. The quantitative estimate of drug-likeness (QED) is 0.293. The fourth-order valence-corrected chi connectivity index (χ4v) is 10.2. The Kier molecular flexibility index (Phi) is 9.16. The number of fused-ring (bicyclic) bond motifs is 5. The second-order valence-electron chi connectivity index (χ2n) is 14.5.